The highest BCUT2D eigenvalue weighted by molar-refractivity contribution is 5.94. The largest absolute Gasteiger partial charge is 0.341 e. The first-order valence-electron chi connectivity index (χ1n) is 10.8. The minimum Gasteiger partial charge on any atom is -0.341 e. The molecule has 6 nitrogen and oxygen atoms in total. The molecule has 0 bridgehead atoms. The summed E-state index contributed by atoms with van der Waals surface area (Å²) in [4.78, 5) is 30.8. The van der Waals surface area contributed by atoms with Gasteiger partial charge in [-0.2, -0.15) is 0 Å². The molecule has 1 N–H and O–H groups in total. The van der Waals surface area contributed by atoms with Crippen LogP contribution in [-0.4, -0.2) is 61.0 Å². The Labute approximate surface area is 178 Å². The number of likely N-dealkylation sites (N-methyl/N-ethyl adjacent to an activating group) is 1. The van der Waals surface area contributed by atoms with Gasteiger partial charge in [0.25, 0.3) is 0 Å². The molecule has 2 aliphatic rings. The Kier molecular flexibility index (Phi) is 6.33. The smallest absolute Gasteiger partial charge is 0.321 e. The van der Waals surface area contributed by atoms with Crippen LogP contribution < -0.4 is 10.2 Å². The predicted molar refractivity (Wildman–Crippen MR) is 118 cm³/mol. The van der Waals surface area contributed by atoms with E-state index in [1.165, 1.54) is 5.56 Å². The summed E-state index contributed by atoms with van der Waals surface area (Å²) in [6.07, 6.45) is 2.57. The second-order valence-corrected chi connectivity index (χ2v) is 8.26. The maximum absolute atomic E-state index is 12.9. The molecule has 3 amide bonds. The lowest BCUT2D eigenvalue weighted by Gasteiger charge is -2.38. The number of carbonyl (C=O) groups is 2. The number of hydrogen-bond acceptors (Lipinski definition) is 3. The standard InChI is InChI=1S/C24H30N4O2/c1-26(17-20-6-3-2-4-7-20)22-8-5-14-27(18-22)23(29)16-19-9-11-21(12-10-19)28-15-13-25-24(28)30/h2-4,6-7,9-12,22H,5,8,13-18H2,1H3,(H,25,30)/t22-/m0/s1. The van der Waals surface area contributed by atoms with Crippen LogP contribution >= 0.6 is 0 Å². The van der Waals surface area contributed by atoms with Gasteiger partial charge in [0.1, 0.15) is 0 Å². The molecule has 2 fully saturated rings. The van der Waals surface area contributed by atoms with Gasteiger partial charge in [-0.3, -0.25) is 14.6 Å². The van der Waals surface area contributed by atoms with Gasteiger partial charge in [0.2, 0.25) is 5.91 Å². The van der Waals surface area contributed by atoms with E-state index in [1.54, 1.807) is 4.90 Å². The SMILES string of the molecule is CN(Cc1ccccc1)[C@H]1CCCN(C(=O)Cc2ccc(N3CCNC3=O)cc2)C1. The van der Waals surface area contributed by atoms with Crippen LogP contribution in [0.25, 0.3) is 0 Å². The molecule has 2 aromatic carbocycles. The third-order valence-electron chi connectivity index (χ3n) is 6.11. The first-order chi connectivity index (χ1) is 14.6. The maximum atomic E-state index is 12.9. The normalized spacial score (nSPS) is 19.3. The van der Waals surface area contributed by atoms with Crippen molar-refractivity contribution in [3.8, 4) is 0 Å². The fourth-order valence-electron chi connectivity index (χ4n) is 4.34. The van der Waals surface area contributed by atoms with E-state index < -0.39 is 0 Å². The van der Waals surface area contributed by atoms with E-state index in [2.05, 4.69) is 41.5 Å². The molecular weight excluding hydrogens is 376 g/mol. The molecule has 1 atom stereocenters. The number of nitrogens with zero attached hydrogens (tertiary/aromatic N) is 3. The number of rotatable bonds is 6. The van der Waals surface area contributed by atoms with Gasteiger partial charge in [0.05, 0.1) is 6.42 Å². The van der Waals surface area contributed by atoms with E-state index in [1.807, 2.05) is 35.2 Å². The lowest BCUT2D eigenvalue weighted by molar-refractivity contribution is -0.132. The van der Waals surface area contributed by atoms with Crippen molar-refractivity contribution in [3.05, 3.63) is 65.7 Å². The second kappa shape index (κ2) is 9.30. The number of piperidine rings is 1. The molecule has 0 saturated carbocycles. The first kappa shape index (κ1) is 20.4. The lowest BCUT2D eigenvalue weighted by Crippen LogP contribution is -2.48. The van der Waals surface area contributed by atoms with Gasteiger partial charge in [0.15, 0.2) is 0 Å². The summed E-state index contributed by atoms with van der Waals surface area (Å²) in [5, 5.41) is 2.81. The van der Waals surface area contributed by atoms with Gasteiger partial charge in [-0.25, -0.2) is 4.79 Å². The number of amides is 3. The Hall–Kier alpha value is -2.86. The van der Waals surface area contributed by atoms with Crippen molar-refractivity contribution in [2.45, 2.75) is 31.8 Å². The Morgan fingerprint density at radius 3 is 2.53 bits per heavy atom. The minimum atomic E-state index is -0.0576. The Bertz CT molecular complexity index is 869. The van der Waals surface area contributed by atoms with Crippen LogP contribution in [0, 0.1) is 0 Å². The van der Waals surface area contributed by atoms with E-state index in [-0.39, 0.29) is 11.9 Å². The van der Waals surface area contributed by atoms with Crippen molar-refractivity contribution in [2.24, 2.45) is 0 Å². The van der Waals surface area contributed by atoms with Gasteiger partial charge in [-0.1, -0.05) is 42.5 Å². The summed E-state index contributed by atoms with van der Waals surface area (Å²) in [5.41, 5.74) is 3.17. The Morgan fingerprint density at radius 2 is 1.83 bits per heavy atom. The molecule has 6 heteroatoms. The maximum Gasteiger partial charge on any atom is 0.321 e. The van der Waals surface area contributed by atoms with E-state index in [4.69, 9.17) is 0 Å². The van der Waals surface area contributed by atoms with Crippen LogP contribution in [-0.2, 0) is 17.8 Å². The molecule has 2 aliphatic heterocycles. The van der Waals surface area contributed by atoms with Gasteiger partial charge in [0, 0.05) is 44.5 Å². The van der Waals surface area contributed by atoms with Crippen LogP contribution in [0.4, 0.5) is 10.5 Å². The minimum absolute atomic E-state index is 0.0576. The lowest BCUT2D eigenvalue weighted by atomic mass is 10.0. The zero-order valence-electron chi connectivity index (χ0n) is 17.6. The highest BCUT2D eigenvalue weighted by Crippen LogP contribution is 2.20. The average molecular weight is 407 g/mol. The van der Waals surface area contributed by atoms with Gasteiger partial charge < -0.3 is 10.2 Å². The van der Waals surface area contributed by atoms with Gasteiger partial charge >= 0.3 is 6.03 Å². The van der Waals surface area contributed by atoms with E-state index in [0.717, 1.165) is 43.7 Å². The van der Waals surface area contributed by atoms with Crippen LogP contribution in [0.1, 0.15) is 24.0 Å². The van der Waals surface area contributed by atoms with Gasteiger partial charge in [-0.15, -0.1) is 0 Å². The summed E-state index contributed by atoms with van der Waals surface area (Å²) in [6, 6.07) is 18.6. The highest BCUT2D eigenvalue weighted by Gasteiger charge is 2.26. The van der Waals surface area contributed by atoms with Crippen molar-refractivity contribution < 1.29 is 9.59 Å². The third-order valence-corrected chi connectivity index (χ3v) is 6.11. The second-order valence-electron chi connectivity index (χ2n) is 8.26. The number of urea groups is 1. The molecule has 2 aromatic rings. The van der Waals surface area contributed by atoms with Gasteiger partial charge in [-0.05, 0) is 43.1 Å². The summed E-state index contributed by atoms with van der Waals surface area (Å²) < 4.78 is 0. The highest BCUT2D eigenvalue weighted by atomic mass is 16.2. The molecule has 30 heavy (non-hydrogen) atoms. The number of hydrogen-bond donors (Lipinski definition) is 1. The van der Waals surface area contributed by atoms with Crippen molar-refractivity contribution >= 4 is 17.6 Å². The molecule has 2 saturated heterocycles. The summed E-state index contributed by atoms with van der Waals surface area (Å²) in [6.45, 7) is 3.88. The molecular formula is C24H30N4O2. The van der Waals surface area contributed by atoms with Crippen LogP contribution in [0.15, 0.2) is 54.6 Å². The molecule has 0 radical (unpaired) electrons. The van der Waals surface area contributed by atoms with Crippen molar-refractivity contribution in [3.63, 3.8) is 0 Å². The zero-order chi connectivity index (χ0) is 20.9. The van der Waals surface area contributed by atoms with Crippen molar-refractivity contribution in [2.75, 3.05) is 38.1 Å². The fourth-order valence-corrected chi connectivity index (χ4v) is 4.34. The Morgan fingerprint density at radius 1 is 1.07 bits per heavy atom. The number of anilines is 1. The van der Waals surface area contributed by atoms with Crippen molar-refractivity contribution in [1.82, 2.24) is 15.1 Å². The molecule has 158 valence electrons. The molecule has 0 aliphatic carbocycles. The number of nitrogens with one attached hydrogen (secondary N) is 1. The molecule has 0 unspecified atom stereocenters. The number of benzene rings is 2. The molecule has 2 heterocycles. The van der Waals surface area contributed by atoms with Crippen molar-refractivity contribution in [1.29, 1.82) is 0 Å². The topological polar surface area (TPSA) is 55.9 Å². The number of likely N-dealkylation sites (tertiary alicyclic amines) is 1. The van der Waals surface area contributed by atoms with E-state index >= 15 is 0 Å². The fraction of sp³-hybridized carbons (Fsp3) is 0.417. The van der Waals surface area contributed by atoms with Crippen LogP contribution in [0.5, 0.6) is 0 Å². The third kappa shape index (κ3) is 4.82. The average Bonchev–Trinajstić information content (AvgIpc) is 3.21. The summed E-state index contributed by atoms with van der Waals surface area (Å²) >= 11 is 0. The van der Waals surface area contributed by atoms with Crippen LogP contribution in [0.3, 0.4) is 0 Å². The van der Waals surface area contributed by atoms with E-state index in [0.29, 0.717) is 25.6 Å². The molecule has 0 spiro atoms. The molecule has 4 rings (SSSR count). The monoisotopic (exact) mass is 406 g/mol. The zero-order valence-corrected chi connectivity index (χ0v) is 17.6. The summed E-state index contributed by atoms with van der Waals surface area (Å²) in [7, 11) is 2.15. The van der Waals surface area contributed by atoms with Crippen LogP contribution in [0.2, 0.25) is 0 Å². The van der Waals surface area contributed by atoms with E-state index in [9.17, 15) is 9.59 Å². The quantitative estimate of drug-likeness (QED) is 0.803. The first-order valence-corrected chi connectivity index (χ1v) is 10.8. The number of carbonyl (C=O) groups excluding carboxylic acids is 2. The molecule has 0 aromatic heterocycles. The summed E-state index contributed by atoms with van der Waals surface area (Å²) in [5.74, 6) is 0.180. The predicted octanol–water partition coefficient (Wildman–Crippen LogP) is 2.88. The Balaban J connectivity index is 1.32.